The Bertz CT molecular complexity index is 920. The van der Waals surface area contributed by atoms with Crippen LogP contribution in [-0.2, 0) is 11.3 Å². The molecular weight excluding hydrogens is 407 g/mol. The van der Waals surface area contributed by atoms with Crippen LogP contribution in [0.2, 0.25) is 5.02 Å². The number of benzene rings is 2. The lowest BCUT2D eigenvalue weighted by atomic mass is 10.2. The Morgan fingerprint density at radius 2 is 1.96 bits per heavy atom. The summed E-state index contributed by atoms with van der Waals surface area (Å²) < 4.78 is 14.3. The van der Waals surface area contributed by atoms with Gasteiger partial charge in [0.05, 0.1) is 10.9 Å². The first kappa shape index (κ1) is 19.6. The van der Waals surface area contributed by atoms with Gasteiger partial charge in [-0.2, -0.15) is 0 Å². The summed E-state index contributed by atoms with van der Waals surface area (Å²) in [6, 6.07) is 13.6. The monoisotopic (exact) mass is 422 g/mol. The Balaban J connectivity index is 1.52. The zero-order valence-corrected chi connectivity index (χ0v) is 16.7. The number of nitrogens with zero attached hydrogens (tertiary/aromatic N) is 2. The van der Waals surface area contributed by atoms with Crippen LogP contribution in [0.1, 0.15) is 12.5 Å². The molecule has 1 aromatic heterocycles. The molecule has 9 heteroatoms. The third kappa shape index (κ3) is 5.66. The van der Waals surface area contributed by atoms with Crippen molar-refractivity contribution in [2.24, 2.45) is 0 Å². The number of carbonyl (C=O) groups is 1. The fraction of sp³-hybridized carbons (Fsp3) is 0.167. The predicted molar refractivity (Wildman–Crippen MR) is 108 cm³/mol. The van der Waals surface area contributed by atoms with E-state index in [1.165, 1.54) is 29.2 Å². The van der Waals surface area contributed by atoms with Crippen molar-refractivity contribution in [3.05, 3.63) is 64.9 Å². The van der Waals surface area contributed by atoms with Crippen LogP contribution in [0.5, 0.6) is 0 Å². The van der Waals surface area contributed by atoms with Crippen LogP contribution in [0, 0.1) is 5.82 Å². The molecule has 1 atom stereocenters. The Hall–Kier alpha value is -2.16. The molecule has 140 valence electrons. The molecule has 1 amide bonds. The van der Waals surface area contributed by atoms with E-state index in [2.05, 4.69) is 20.8 Å². The molecule has 3 aromatic rings. The highest BCUT2D eigenvalue weighted by atomic mass is 35.5. The number of nitrogens with one attached hydrogen (secondary N) is 2. The van der Waals surface area contributed by atoms with Crippen molar-refractivity contribution in [1.29, 1.82) is 0 Å². The topological polar surface area (TPSA) is 66.9 Å². The number of amides is 1. The number of rotatable bonds is 7. The van der Waals surface area contributed by atoms with Crippen LogP contribution in [0.25, 0.3) is 0 Å². The normalized spacial score (nSPS) is 11.8. The number of aromatic nitrogens is 2. The first-order chi connectivity index (χ1) is 13.0. The first-order valence-electron chi connectivity index (χ1n) is 8.05. The van der Waals surface area contributed by atoms with Gasteiger partial charge in [-0.15, -0.1) is 10.2 Å². The molecule has 27 heavy (non-hydrogen) atoms. The van der Waals surface area contributed by atoms with Crippen molar-refractivity contribution in [1.82, 2.24) is 15.5 Å². The highest BCUT2D eigenvalue weighted by Gasteiger charge is 2.17. The predicted octanol–water partition coefficient (Wildman–Crippen LogP) is 4.87. The van der Waals surface area contributed by atoms with Gasteiger partial charge < -0.3 is 10.6 Å². The fourth-order valence-electron chi connectivity index (χ4n) is 2.13. The Morgan fingerprint density at radius 1 is 1.22 bits per heavy atom. The molecule has 0 bridgehead atoms. The number of para-hydroxylation sites is 1. The van der Waals surface area contributed by atoms with Crippen LogP contribution >= 0.6 is 34.7 Å². The molecule has 0 saturated heterocycles. The number of carbonyl (C=O) groups excluding carboxylic acids is 1. The molecular formula is C18H16ClFN4OS2. The second kappa shape index (κ2) is 9.16. The van der Waals surface area contributed by atoms with Crippen molar-refractivity contribution >= 4 is 51.4 Å². The lowest BCUT2D eigenvalue weighted by Gasteiger charge is -2.10. The van der Waals surface area contributed by atoms with Crippen molar-refractivity contribution in [2.75, 3.05) is 5.32 Å². The third-order valence-electron chi connectivity index (χ3n) is 3.55. The highest BCUT2D eigenvalue weighted by Crippen LogP contribution is 2.31. The molecule has 1 heterocycles. The van der Waals surface area contributed by atoms with E-state index in [1.54, 1.807) is 37.3 Å². The highest BCUT2D eigenvalue weighted by molar-refractivity contribution is 8.02. The first-order valence-corrected chi connectivity index (χ1v) is 10.1. The Morgan fingerprint density at radius 3 is 2.70 bits per heavy atom. The fourth-order valence-corrected chi connectivity index (χ4v) is 4.18. The minimum atomic E-state index is -0.364. The van der Waals surface area contributed by atoms with E-state index in [0.717, 1.165) is 5.56 Å². The van der Waals surface area contributed by atoms with Crippen molar-refractivity contribution in [3.63, 3.8) is 0 Å². The van der Waals surface area contributed by atoms with Gasteiger partial charge in [0.1, 0.15) is 5.82 Å². The number of halogens is 2. The average molecular weight is 423 g/mol. The maximum Gasteiger partial charge on any atom is 0.233 e. The van der Waals surface area contributed by atoms with Gasteiger partial charge >= 0.3 is 0 Å². The molecule has 3 rings (SSSR count). The largest absolute Gasteiger partial charge is 0.351 e. The summed E-state index contributed by atoms with van der Waals surface area (Å²) in [5.41, 5.74) is 1.30. The van der Waals surface area contributed by atoms with E-state index in [0.29, 0.717) is 26.7 Å². The summed E-state index contributed by atoms with van der Waals surface area (Å²) in [5.74, 6) is -0.467. The van der Waals surface area contributed by atoms with Gasteiger partial charge in [-0.25, -0.2) is 4.39 Å². The van der Waals surface area contributed by atoms with E-state index >= 15 is 0 Å². The number of anilines is 2. The van der Waals surface area contributed by atoms with Crippen LogP contribution in [-0.4, -0.2) is 21.4 Å². The summed E-state index contributed by atoms with van der Waals surface area (Å²) in [5, 5.41) is 14.6. The van der Waals surface area contributed by atoms with Gasteiger partial charge in [-0.05, 0) is 36.8 Å². The SMILES string of the molecule is CC(Sc1nnc(Nc2ccccc2F)s1)C(=O)NCc1ccc(Cl)cc1. The summed E-state index contributed by atoms with van der Waals surface area (Å²) in [4.78, 5) is 12.3. The maximum atomic E-state index is 13.7. The number of hydrogen-bond donors (Lipinski definition) is 2. The van der Waals surface area contributed by atoms with Gasteiger partial charge in [0.15, 0.2) is 4.34 Å². The minimum Gasteiger partial charge on any atom is -0.351 e. The van der Waals surface area contributed by atoms with Gasteiger partial charge in [-0.1, -0.05) is 59.0 Å². The van der Waals surface area contributed by atoms with Gasteiger partial charge in [-0.3, -0.25) is 4.79 Å². The second-order valence-electron chi connectivity index (χ2n) is 5.58. The summed E-state index contributed by atoms with van der Waals surface area (Å²) >= 11 is 8.42. The van der Waals surface area contributed by atoms with Gasteiger partial charge in [0.25, 0.3) is 0 Å². The van der Waals surface area contributed by atoms with Gasteiger partial charge in [0, 0.05) is 11.6 Å². The molecule has 0 spiro atoms. The van der Waals surface area contributed by atoms with E-state index in [4.69, 9.17) is 11.6 Å². The smallest absolute Gasteiger partial charge is 0.233 e. The minimum absolute atomic E-state index is 0.103. The average Bonchev–Trinajstić information content (AvgIpc) is 3.09. The summed E-state index contributed by atoms with van der Waals surface area (Å²) in [6.07, 6.45) is 0. The van der Waals surface area contributed by atoms with Crippen molar-refractivity contribution in [3.8, 4) is 0 Å². The lowest BCUT2D eigenvalue weighted by molar-refractivity contribution is -0.120. The quantitative estimate of drug-likeness (QED) is 0.531. The zero-order chi connectivity index (χ0) is 19.2. The Kier molecular flexibility index (Phi) is 6.65. The molecule has 0 fully saturated rings. The van der Waals surface area contributed by atoms with E-state index < -0.39 is 0 Å². The molecule has 2 N–H and O–H groups in total. The molecule has 0 aliphatic carbocycles. The standard InChI is InChI=1S/C18H16ClFN4OS2/c1-11(16(25)21-10-12-6-8-13(19)9-7-12)26-18-24-23-17(27-18)22-15-5-3-2-4-14(15)20/h2-9,11H,10H2,1H3,(H,21,25)(H,22,23). The van der Waals surface area contributed by atoms with Crippen LogP contribution in [0.15, 0.2) is 52.9 Å². The van der Waals surface area contributed by atoms with E-state index in [1.807, 2.05) is 12.1 Å². The molecule has 0 radical (unpaired) electrons. The van der Waals surface area contributed by atoms with Crippen LogP contribution in [0.4, 0.5) is 15.2 Å². The van der Waals surface area contributed by atoms with Crippen molar-refractivity contribution in [2.45, 2.75) is 23.1 Å². The molecule has 2 aromatic carbocycles. The molecule has 1 unspecified atom stereocenters. The van der Waals surface area contributed by atoms with E-state index in [-0.39, 0.29) is 17.0 Å². The number of hydrogen-bond acceptors (Lipinski definition) is 6. The third-order valence-corrected chi connectivity index (χ3v) is 5.82. The molecule has 0 aliphatic heterocycles. The van der Waals surface area contributed by atoms with Crippen LogP contribution < -0.4 is 10.6 Å². The van der Waals surface area contributed by atoms with Gasteiger partial charge in [0.2, 0.25) is 11.0 Å². The summed E-state index contributed by atoms with van der Waals surface area (Å²) in [6.45, 7) is 2.23. The van der Waals surface area contributed by atoms with E-state index in [9.17, 15) is 9.18 Å². The maximum absolute atomic E-state index is 13.7. The molecule has 0 aliphatic rings. The van der Waals surface area contributed by atoms with Crippen LogP contribution in [0.3, 0.4) is 0 Å². The van der Waals surface area contributed by atoms with Crippen molar-refractivity contribution < 1.29 is 9.18 Å². The number of thioether (sulfide) groups is 1. The summed E-state index contributed by atoms with van der Waals surface area (Å²) in [7, 11) is 0. The Labute approximate surface area is 169 Å². The lowest BCUT2D eigenvalue weighted by Crippen LogP contribution is -2.30. The second-order valence-corrected chi connectivity index (χ2v) is 8.58. The molecule has 0 saturated carbocycles. The zero-order valence-electron chi connectivity index (χ0n) is 14.3. The molecule has 5 nitrogen and oxygen atoms in total.